The summed E-state index contributed by atoms with van der Waals surface area (Å²) < 4.78 is 12.0. The molecule has 4 heteroatoms. The van der Waals surface area contributed by atoms with Crippen molar-refractivity contribution >= 4 is 5.91 Å². The second kappa shape index (κ2) is 5.62. The Morgan fingerprint density at radius 2 is 1.94 bits per heavy atom. The van der Waals surface area contributed by atoms with Gasteiger partial charge in [0.05, 0.1) is 6.67 Å². The Kier molecular flexibility index (Phi) is 4.16. The number of carbonyl (C=O) groups is 1. The minimum absolute atomic E-state index is 0.197. The largest absolute Gasteiger partial charge is 0.353 e. The molecule has 0 spiro atoms. The van der Waals surface area contributed by atoms with Crippen molar-refractivity contribution in [1.82, 2.24) is 10.2 Å². The van der Waals surface area contributed by atoms with E-state index in [4.69, 9.17) is 0 Å². The molecule has 0 radical (unpaired) electrons. The van der Waals surface area contributed by atoms with E-state index in [0.29, 0.717) is 12.5 Å². The highest BCUT2D eigenvalue weighted by Crippen LogP contribution is 2.22. The number of hydrogen-bond donors (Lipinski definition) is 1. The normalized spacial score (nSPS) is 23.3. The molecule has 1 aliphatic carbocycles. The van der Waals surface area contributed by atoms with Crippen LogP contribution < -0.4 is 5.32 Å². The number of piperidine rings is 1. The third-order valence-corrected chi connectivity index (χ3v) is 3.49. The summed E-state index contributed by atoms with van der Waals surface area (Å²) in [6.45, 7) is 2.50. The molecule has 2 aliphatic rings. The zero-order valence-electron chi connectivity index (χ0n) is 9.75. The molecule has 92 valence electrons. The van der Waals surface area contributed by atoms with E-state index < -0.39 is 0 Å². The van der Waals surface area contributed by atoms with Crippen LogP contribution in [0.1, 0.15) is 32.1 Å². The minimum Gasteiger partial charge on any atom is -0.353 e. The number of alkyl halides is 1. The standard InChI is InChI=1S/C12H21FN2O/c13-6-1-7-15-8-4-10(5-9-15)12(16)14-11-2-3-11/h10-11H,1-9H2,(H,14,16). The first-order valence-corrected chi connectivity index (χ1v) is 6.38. The molecule has 1 aliphatic heterocycles. The predicted molar refractivity (Wildman–Crippen MR) is 60.9 cm³/mol. The van der Waals surface area contributed by atoms with Gasteiger partial charge in [0.1, 0.15) is 0 Å². The van der Waals surface area contributed by atoms with Crippen molar-refractivity contribution in [2.75, 3.05) is 26.3 Å². The van der Waals surface area contributed by atoms with E-state index in [9.17, 15) is 9.18 Å². The van der Waals surface area contributed by atoms with Gasteiger partial charge in [-0.15, -0.1) is 0 Å². The van der Waals surface area contributed by atoms with Gasteiger partial charge in [0, 0.05) is 18.5 Å². The first kappa shape index (κ1) is 11.8. The minimum atomic E-state index is -0.234. The molecule has 1 heterocycles. The summed E-state index contributed by atoms with van der Waals surface area (Å²) in [6, 6.07) is 0.470. The second-order valence-electron chi connectivity index (χ2n) is 4.94. The van der Waals surface area contributed by atoms with E-state index in [1.807, 2.05) is 0 Å². The quantitative estimate of drug-likeness (QED) is 0.770. The summed E-state index contributed by atoms with van der Waals surface area (Å²) in [5, 5.41) is 3.06. The predicted octanol–water partition coefficient (Wildman–Crippen LogP) is 1.34. The molecule has 0 aromatic rings. The highest BCUT2D eigenvalue weighted by atomic mass is 19.1. The molecule has 2 rings (SSSR count). The molecule has 1 saturated carbocycles. The fraction of sp³-hybridized carbons (Fsp3) is 0.917. The second-order valence-corrected chi connectivity index (χ2v) is 4.94. The van der Waals surface area contributed by atoms with Gasteiger partial charge < -0.3 is 10.2 Å². The van der Waals surface area contributed by atoms with Crippen LogP contribution in [0.2, 0.25) is 0 Å². The van der Waals surface area contributed by atoms with Crippen LogP contribution in [0.3, 0.4) is 0 Å². The maximum Gasteiger partial charge on any atom is 0.223 e. The average molecular weight is 228 g/mol. The summed E-state index contributed by atoms with van der Waals surface area (Å²) in [5.41, 5.74) is 0. The van der Waals surface area contributed by atoms with Crippen molar-refractivity contribution in [3.8, 4) is 0 Å². The van der Waals surface area contributed by atoms with E-state index in [0.717, 1.165) is 45.3 Å². The Morgan fingerprint density at radius 3 is 2.50 bits per heavy atom. The van der Waals surface area contributed by atoms with Crippen LogP contribution in [-0.2, 0) is 4.79 Å². The third-order valence-electron chi connectivity index (χ3n) is 3.49. The van der Waals surface area contributed by atoms with E-state index in [-0.39, 0.29) is 18.5 Å². The smallest absolute Gasteiger partial charge is 0.223 e. The summed E-state index contributed by atoms with van der Waals surface area (Å²) in [7, 11) is 0. The molecule has 0 unspecified atom stereocenters. The molecule has 1 N–H and O–H groups in total. The van der Waals surface area contributed by atoms with Crippen molar-refractivity contribution in [1.29, 1.82) is 0 Å². The molecule has 3 nitrogen and oxygen atoms in total. The molecule has 2 fully saturated rings. The van der Waals surface area contributed by atoms with Gasteiger partial charge in [-0.2, -0.15) is 0 Å². The first-order chi connectivity index (χ1) is 7.79. The zero-order valence-corrected chi connectivity index (χ0v) is 9.75. The lowest BCUT2D eigenvalue weighted by Crippen LogP contribution is -2.41. The van der Waals surface area contributed by atoms with Crippen LogP contribution in [0.4, 0.5) is 4.39 Å². The van der Waals surface area contributed by atoms with E-state index in [2.05, 4.69) is 10.2 Å². The van der Waals surface area contributed by atoms with Crippen LogP contribution >= 0.6 is 0 Å². The van der Waals surface area contributed by atoms with Crippen molar-refractivity contribution < 1.29 is 9.18 Å². The van der Waals surface area contributed by atoms with Crippen LogP contribution in [0.25, 0.3) is 0 Å². The Balaban J connectivity index is 1.65. The monoisotopic (exact) mass is 228 g/mol. The highest BCUT2D eigenvalue weighted by molar-refractivity contribution is 5.79. The van der Waals surface area contributed by atoms with Gasteiger partial charge in [0.25, 0.3) is 0 Å². The Labute approximate surface area is 96.4 Å². The van der Waals surface area contributed by atoms with Crippen LogP contribution in [0.15, 0.2) is 0 Å². The van der Waals surface area contributed by atoms with Crippen LogP contribution in [0, 0.1) is 5.92 Å². The number of hydrogen-bond acceptors (Lipinski definition) is 2. The fourth-order valence-electron chi connectivity index (χ4n) is 2.25. The summed E-state index contributed by atoms with van der Waals surface area (Å²) in [4.78, 5) is 14.0. The lowest BCUT2D eigenvalue weighted by atomic mass is 9.96. The number of halogens is 1. The lowest BCUT2D eigenvalue weighted by molar-refractivity contribution is -0.126. The van der Waals surface area contributed by atoms with E-state index in [1.54, 1.807) is 0 Å². The average Bonchev–Trinajstić information content (AvgIpc) is 3.11. The number of nitrogens with zero attached hydrogens (tertiary/aromatic N) is 1. The number of rotatable bonds is 5. The van der Waals surface area contributed by atoms with E-state index >= 15 is 0 Å². The lowest BCUT2D eigenvalue weighted by Gasteiger charge is -2.31. The fourth-order valence-corrected chi connectivity index (χ4v) is 2.25. The van der Waals surface area contributed by atoms with Gasteiger partial charge in [0.15, 0.2) is 0 Å². The van der Waals surface area contributed by atoms with Gasteiger partial charge >= 0.3 is 0 Å². The maximum absolute atomic E-state index is 12.0. The van der Waals surface area contributed by atoms with Gasteiger partial charge in [0.2, 0.25) is 5.91 Å². The van der Waals surface area contributed by atoms with Crippen molar-refractivity contribution in [2.45, 2.75) is 38.1 Å². The van der Waals surface area contributed by atoms with Gasteiger partial charge in [-0.1, -0.05) is 0 Å². The summed E-state index contributed by atoms with van der Waals surface area (Å²) in [6.07, 6.45) is 4.80. The molecule has 0 aromatic heterocycles. The Bertz CT molecular complexity index is 235. The molecular formula is C12H21FN2O. The molecule has 1 amide bonds. The summed E-state index contributed by atoms with van der Waals surface area (Å²) >= 11 is 0. The molecule has 1 saturated heterocycles. The topological polar surface area (TPSA) is 32.3 Å². The molecule has 0 atom stereocenters. The third kappa shape index (κ3) is 3.44. The van der Waals surface area contributed by atoms with Gasteiger partial charge in [-0.05, 0) is 45.2 Å². The number of likely N-dealkylation sites (tertiary alicyclic amines) is 1. The zero-order chi connectivity index (χ0) is 11.4. The highest BCUT2D eigenvalue weighted by Gasteiger charge is 2.29. The van der Waals surface area contributed by atoms with E-state index in [1.165, 1.54) is 0 Å². The molecular weight excluding hydrogens is 207 g/mol. The first-order valence-electron chi connectivity index (χ1n) is 6.38. The summed E-state index contributed by atoms with van der Waals surface area (Å²) in [5.74, 6) is 0.440. The van der Waals surface area contributed by atoms with Crippen LogP contribution in [-0.4, -0.2) is 43.2 Å². The molecule has 16 heavy (non-hydrogen) atoms. The van der Waals surface area contributed by atoms with Crippen LogP contribution in [0.5, 0.6) is 0 Å². The van der Waals surface area contributed by atoms with Gasteiger partial charge in [-0.25, -0.2) is 0 Å². The molecule has 0 bridgehead atoms. The SMILES string of the molecule is O=C(NC1CC1)C1CCN(CCCF)CC1. The molecule has 0 aromatic carbocycles. The van der Waals surface area contributed by atoms with Crippen molar-refractivity contribution in [3.63, 3.8) is 0 Å². The van der Waals surface area contributed by atoms with Crippen molar-refractivity contribution in [2.24, 2.45) is 5.92 Å². The Hall–Kier alpha value is -0.640. The maximum atomic E-state index is 12.0. The number of amides is 1. The number of nitrogens with one attached hydrogen (secondary N) is 1. The van der Waals surface area contributed by atoms with Crippen molar-refractivity contribution in [3.05, 3.63) is 0 Å². The Morgan fingerprint density at radius 1 is 1.25 bits per heavy atom. The van der Waals surface area contributed by atoms with Gasteiger partial charge in [-0.3, -0.25) is 9.18 Å². The number of carbonyl (C=O) groups excluding carboxylic acids is 1.